The van der Waals surface area contributed by atoms with Crippen LogP contribution in [-0.4, -0.2) is 42.3 Å². The number of halogens is 2. The first-order valence-corrected chi connectivity index (χ1v) is 12.6. The highest BCUT2D eigenvalue weighted by molar-refractivity contribution is 7.89. The summed E-state index contributed by atoms with van der Waals surface area (Å²) in [5.41, 5.74) is 1.85. The fourth-order valence-electron chi connectivity index (χ4n) is 3.69. The van der Waals surface area contributed by atoms with E-state index in [1.54, 1.807) is 25.1 Å². The molecule has 1 unspecified atom stereocenters. The van der Waals surface area contributed by atoms with Crippen LogP contribution >= 0.6 is 0 Å². The van der Waals surface area contributed by atoms with E-state index in [1.165, 1.54) is 20.2 Å². The molecule has 0 radical (unpaired) electrons. The van der Waals surface area contributed by atoms with Crippen molar-refractivity contribution in [1.82, 2.24) is 19.2 Å². The molecular formula is C24H30F2N4O3S. The lowest BCUT2D eigenvalue weighted by Crippen LogP contribution is -2.27. The van der Waals surface area contributed by atoms with Crippen LogP contribution in [0.3, 0.4) is 0 Å². The van der Waals surface area contributed by atoms with Gasteiger partial charge in [-0.05, 0) is 49.2 Å². The van der Waals surface area contributed by atoms with Gasteiger partial charge in [0.25, 0.3) is 0 Å². The molecule has 0 aliphatic rings. The average Bonchev–Trinajstić information content (AvgIpc) is 3.14. The van der Waals surface area contributed by atoms with Gasteiger partial charge in [-0.2, -0.15) is 0 Å². The standard InChI is InChI=1S/C24H30F2N4O3S/c1-5-6-13-30-22-10-8-18(34(32,33)29(3)4)15-21(22)28-23(30)11-12-24(31)27-16(2)17-7-9-19(25)20(26)14-17/h7-10,14-16H,5-6,11-13H2,1-4H3,(H,27,31). The van der Waals surface area contributed by atoms with E-state index in [9.17, 15) is 22.0 Å². The molecule has 3 rings (SSSR count). The highest BCUT2D eigenvalue weighted by atomic mass is 32.2. The molecule has 1 aromatic heterocycles. The van der Waals surface area contributed by atoms with Crippen molar-refractivity contribution in [3.8, 4) is 0 Å². The summed E-state index contributed by atoms with van der Waals surface area (Å²) in [6.07, 6.45) is 2.38. The minimum atomic E-state index is -3.59. The normalized spacial score (nSPS) is 12.9. The van der Waals surface area contributed by atoms with E-state index in [0.717, 1.165) is 34.8 Å². The number of carbonyl (C=O) groups is 1. The topological polar surface area (TPSA) is 84.3 Å². The molecule has 0 spiro atoms. The van der Waals surface area contributed by atoms with Gasteiger partial charge in [-0.1, -0.05) is 19.4 Å². The first kappa shape index (κ1) is 25.8. The van der Waals surface area contributed by atoms with Crippen LogP contribution in [0, 0.1) is 11.6 Å². The molecule has 7 nitrogen and oxygen atoms in total. The van der Waals surface area contributed by atoms with Gasteiger partial charge in [0.1, 0.15) is 5.82 Å². The molecule has 1 amide bonds. The summed E-state index contributed by atoms with van der Waals surface area (Å²) < 4.78 is 54.9. The number of imidazole rings is 1. The van der Waals surface area contributed by atoms with Crippen molar-refractivity contribution < 1.29 is 22.0 Å². The third-order valence-corrected chi connectivity index (χ3v) is 7.52. The van der Waals surface area contributed by atoms with Gasteiger partial charge in [0.05, 0.1) is 22.0 Å². The summed E-state index contributed by atoms with van der Waals surface area (Å²) in [5, 5.41) is 2.80. The molecule has 184 valence electrons. The van der Waals surface area contributed by atoms with Crippen LogP contribution < -0.4 is 5.32 Å². The number of hydrogen-bond acceptors (Lipinski definition) is 4. The smallest absolute Gasteiger partial charge is 0.242 e. The van der Waals surface area contributed by atoms with E-state index in [-0.39, 0.29) is 17.2 Å². The van der Waals surface area contributed by atoms with Gasteiger partial charge in [0.15, 0.2) is 11.6 Å². The number of fused-ring (bicyclic) bond motifs is 1. The van der Waals surface area contributed by atoms with Crippen molar-refractivity contribution in [2.75, 3.05) is 14.1 Å². The Balaban J connectivity index is 1.79. The number of nitrogens with zero attached hydrogens (tertiary/aromatic N) is 3. The van der Waals surface area contributed by atoms with Gasteiger partial charge in [0, 0.05) is 33.5 Å². The number of hydrogen-bond donors (Lipinski definition) is 1. The van der Waals surface area contributed by atoms with Crippen molar-refractivity contribution in [3.63, 3.8) is 0 Å². The number of aromatic nitrogens is 2. The van der Waals surface area contributed by atoms with Gasteiger partial charge in [-0.3, -0.25) is 4.79 Å². The summed E-state index contributed by atoms with van der Waals surface area (Å²) in [7, 11) is -0.637. The van der Waals surface area contributed by atoms with Crippen LogP contribution in [0.25, 0.3) is 11.0 Å². The Morgan fingerprint density at radius 1 is 1.15 bits per heavy atom. The number of sulfonamides is 1. The number of nitrogens with one attached hydrogen (secondary N) is 1. The average molecular weight is 493 g/mol. The molecule has 10 heteroatoms. The van der Waals surface area contributed by atoms with E-state index >= 15 is 0 Å². The third kappa shape index (κ3) is 5.61. The predicted molar refractivity (Wildman–Crippen MR) is 127 cm³/mol. The van der Waals surface area contributed by atoms with Gasteiger partial charge in [0.2, 0.25) is 15.9 Å². The van der Waals surface area contributed by atoms with Crippen molar-refractivity contribution in [3.05, 3.63) is 59.4 Å². The van der Waals surface area contributed by atoms with Crippen LogP contribution in [-0.2, 0) is 27.8 Å². The van der Waals surface area contributed by atoms with E-state index in [2.05, 4.69) is 17.2 Å². The summed E-state index contributed by atoms with van der Waals surface area (Å²) in [6.45, 7) is 4.48. The minimum absolute atomic E-state index is 0.145. The molecule has 0 saturated carbocycles. The zero-order valence-corrected chi connectivity index (χ0v) is 20.6. The maximum Gasteiger partial charge on any atom is 0.242 e. The molecule has 0 bridgehead atoms. The SMILES string of the molecule is CCCCn1c(CCC(=O)NC(C)c2ccc(F)c(F)c2)nc2cc(S(=O)(=O)N(C)C)ccc21. The predicted octanol–water partition coefficient (Wildman–Crippen LogP) is 4.17. The number of unbranched alkanes of at least 4 members (excludes halogenated alkanes) is 1. The minimum Gasteiger partial charge on any atom is -0.350 e. The van der Waals surface area contributed by atoms with Gasteiger partial charge < -0.3 is 9.88 Å². The zero-order chi connectivity index (χ0) is 25.0. The third-order valence-electron chi connectivity index (χ3n) is 5.71. The van der Waals surface area contributed by atoms with Crippen LogP contribution in [0.1, 0.15) is 50.5 Å². The fraction of sp³-hybridized carbons (Fsp3) is 0.417. The van der Waals surface area contributed by atoms with E-state index in [0.29, 0.717) is 29.9 Å². The second-order valence-corrected chi connectivity index (χ2v) is 10.6. The maximum atomic E-state index is 13.5. The van der Waals surface area contributed by atoms with Crippen LogP contribution in [0.5, 0.6) is 0 Å². The number of aryl methyl sites for hydroxylation is 2. The lowest BCUT2D eigenvalue weighted by Gasteiger charge is -2.15. The Morgan fingerprint density at radius 2 is 1.88 bits per heavy atom. The molecule has 1 N–H and O–H groups in total. The van der Waals surface area contributed by atoms with E-state index < -0.39 is 27.7 Å². The highest BCUT2D eigenvalue weighted by Gasteiger charge is 2.20. The largest absolute Gasteiger partial charge is 0.350 e. The summed E-state index contributed by atoms with van der Waals surface area (Å²) in [4.78, 5) is 17.4. The molecule has 0 saturated heterocycles. The maximum absolute atomic E-state index is 13.5. The van der Waals surface area contributed by atoms with E-state index in [1.807, 2.05) is 4.57 Å². The van der Waals surface area contributed by atoms with Crippen LogP contribution in [0.15, 0.2) is 41.3 Å². The zero-order valence-electron chi connectivity index (χ0n) is 19.8. The van der Waals surface area contributed by atoms with Gasteiger partial charge >= 0.3 is 0 Å². The number of amides is 1. The van der Waals surface area contributed by atoms with Gasteiger partial charge in [-0.25, -0.2) is 26.5 Å². The molecule has 2 aromatic carbocycles. The second-order valence-electron chi connectivity index (χ2n) is 8.43. The molecule has 34 heavy (non-hydrogen) atoms. The quantitative estimate of drug-likeness (QED) is 0.460. The van der Waals surface area contributed by atoms with E-state index in [4.69, 9.17) is 0 Å². The number of rotatable bonds is 10. The Kier molecular flexibility index (Phi) is 8.04. The lowest BCUT2D eigenvalue weighted by molar-refractivity contribution is -0.121. The molecule has 3 aromatic rings. The molecule has 1 heterocycles. The first-order chi connectivity index (χ1) is 16.0. The number of carbonyl (C=O) groups excluding carboxylic acids is 1. The Hall–Kier alpha value is -2.85. The highest BCUT2D eigenvalue weighted by Crippen LogP contribution is 2.23. The second kappa shape index (κ2) is 10.6. The van der Waals surface area contributed by atoms with Crippen molar-refractivity contribution >= 4 is 27.0 Å². The summed E-state index contributed by atoms with van der Waals surface area (Å²) >= 11 is 0. The summed E-state index contributed by atoms with van der Waals surface area (Å²) in [5.74, 6) is -1.45. The van der Waals surface area contributed by atoms with Crippen LogP contribution in [0.2, 0.25) is 0 Å². The monoisotopic (exact) mass is 492 g/mol. The van der Waals surface area contributed by atoms with Crippen molar-refractivity contribution in [2.24, 2.45) is 0 Å². The molecular weight excluding hydrogens is 462 g/mol. The van der Waals surface area contributed by atoms with Crippen LogP contribution in [0.4, 0.5) is 8.78 Å². The Morgan fingerprint density at radius 3 is 2.53 bits per heavy atom. The molecule has 0 aliphatic carbocycles. The molecule has 1 atom stereocenters. The molecule has 0 aliphatic heterocycles. The first-order valence-electron chi connectivity index (χ1n) is 11.2. The van der Waals surface area contributed by atoms with Crippen molar-refractivity contribution in [1.29, 1.82) is 0 Å². The molecule has 0 fully saturated rings. The Bertz CT molecular complexity index is 1290. The van der Waals surface area contributed by atoms with Crippen molar-refractivity contribution in [2.45, 2.75) is 57.0 Å². The lowest BCUT2D eigenvalue weighted by atomic mass is 10.1. The summed E-state index contributed by atoms with van der Waals surface area (Å²) in [6, 6.07) is 7.94. The van der Waals surface area contributed by atoms with Gasteiger partial charge in [-0.15, -0.1) is 0 Å². The Labute approximate surface area is 198 Å². The fourth-order valence-corrected chi connectivity index (χ4v) is 4.61. The number of benzene rings is 2.